The van der Waals surface area contributed by atoms with E-state index in [0.29, 0.717) is 0 Å². The SMILES string of the molecule is FCP(C1CCCC1)C1CCCC1. The Balaban J connectivity index is 1.90. The van der Waals surface area contributed by atoms with E-state index in [0.717, 1.165) is 11.3 Å². The van der Waals surface area contributed by atoms with E-state index >= 15 is 0 Å². The lowest BCUT2D eigenvalue weighted by Gasteiger charge is -2.26. The lowest BCUT2D eigenvalue weighted by Crippen LogP contribution is -2.10. The van der Waals surface area contributed by atoms with E-state index in [2.05, 4.69) is 0 Å². The monoisotopic (exact) mass is 202 g/mol. The number of alkyl halides is 1. The summed E-state index contributed by atoms with van der Waals surface area (Å²) in [6.45, 7) is 0. The van der Waals surface area contributed by atoms with Crippen molar-refractivity contribution in [2.75, 3.05) is 6.42 Å². The summed E-state index contributed by atoms with van der Waals surface area (Å²) in [6, 6.07) is 0. The highest BCUT2D eigenvalue weighted by molar-refractivity contribution is 7.59. The molecule has 0 unspecified atom stereocenters. The zero-order valence-corrected chi connectivity index (χ0v) is 9.24. The molecule has 0 aromatic rings. The van der Waals surface area contributed by atoms with Crippen LogP contribution < -0.4 is 0 Å². The second kappa shape index (κ2) is 4.73. The van der Waals surface area contributed by atoms with Gasteiger partial charge in [0.2, 0.25) is 0 Å². The third kappa shape index (κ3) is 2.24. The molecule has 0 aliphatic heterocycles. The van der Waals surface area contributed by atoms with Crippen LogP contribution in [0.15, 0.2) is 0 Å². The molecule has 0 nitrogen and oxygen atoms in total. The van der Waals surface area contributed by atoms with Gasteiger partial charge in [0.05, 0.1) is 0 Å². The summed E-state index contributed by atoms with van der Waals surface area (Å²) >= 11 is 0. The Kier molecular flexibility index (Phi) is 3.60. The molecule has 0 atom stereocenters. The molecule has 76 valence electrons. The maximum Gasteiger partial charge on any atom is 0.109 e. The minimum Gasteiger partial charge on any atom is -0.246 e. The lowest BCUT2D eigenvalue weighted by molar-refractivity contribution is 0.587. The molecule has 2 aliphatic carbocycles. The molecule has 0 radical (unpaired) electrons. The van der Waals surface area contributed by atoms with Gasteiger partial charge < -0.3 is 0 Å². The Labute approximate surface area is 82.0 Å². The summed E-state index contributed by atoms with van der Waals surface area (Å²) in [5, 5.41) is 0. The maximum absolute atomic E-state index is 13.0. The standard InChI is InChI=1S/C11H20FP/c12-9-13(10-5-1-2-6-10)11-7-3-4-8-11/h10-11H,1-9H2. The first kappa shape index (κ1) is 9.90. The summed E-state index contributed by atoms with van der Waals surface area (Å²) < 4.78 is 13.0. The number of hydrogen-bond acceptors (Lipinski definition) is 0. The topological polar surface area (TPSA) is 0 Å². The minimum absolute atomic E-state index is 0.0185. The second-order valence-corrected chi connectivity index (χ2v) is 7.24. The van der Waals surface area contributed by atoms with Crippen molar-refractivity contribution in [2.24, 2.45) is 0 Å². The highest BCUT2D eigenvalue weighted by Crippen LogP contribution is 2.56. The van der Waals surface area contributed by atoms with E-state index in [-0.39, 0.29) is 14.3 Å². The zero-order chi connectivity index (χ0) is 9.10. The van der Waals surface area contributed by atoms with Crippen molar-refractivity contribution in [3.63, 3.8) is 0 Å². The Morgan fingerprint density at radius 3 is 1.54 bits per heavy atom. The zero-order valence-electron chi connectivity index (χ0n) is 8.34. The summed E-state index contributed by atoms with van der Waals surface area (Å²) in [5.74, 6) is 0. The van der Waals surface area contributed by atoms with Crippen molar-refractivity contribution in [3.8, 4) is 0 Å². The summed E-state index contributed by atoms with van der Waals surface area (Å²) in [4.78, 5) is 0. The molecule has 0 amide bonds. The molecule has 2 saturated carbocycles. The van der Waals surface area contributed by atoms with E-state index in [1.54, 1.807) is 0 Å². The molecular formula is C11H20FP. The Morgan fingerprint density at radius 1 is 0.846 bits per heavy atom. The number of rotatable bonds is 3. The van der Waals surface area contributed by atoms with E-state index in [9.17, 15) is 4.39 Å². The highest BCUT2D eigenvalue weighted by atomic mass is 31.1. The van der Waals surface area contributed by atoms with Crippen molar-refractivity contribution in [2.45, 2.75) is 62.7 Å². The van der Waals surface area contributed by atoms with Crippen molar-refractivity contribution >= 4 is 7.92 Å². The molecule has 0 bridgehead atoms. The molecule has 0 spiro atoms. The maximum atomic E-state index is 13.0. The van der Waals surface area contributed by atoms with E-state index in [1.165, 1.54) is 51.4 Å². The first-order chi connectivity index (χ1) is 6.42. The van der Waals surface area contributed by atoms with Gasteiger partial charge in [-0.25, -0.2) is 4.39 Å². The fourth-order valence-corrected chi connectivity index (χ4v) is 6.01. The van der Waals surface area contributed by atoms with Crippen LogP contribution in [-0.2, 0) is 0 Å². The van der Waals surface area contributed by atoms with Crippen LogP contribution in [0.3, 0.4) is 0 Å². The van der Waals surface area contributed by atoms with Gasteiger partial charge in [-0.3, -0.25) is 0 Å². The smallest absolute Gasteiger partial charge is 0.109 e. The molecular weight excluding hydrogens is 182 g/mol. The molecule has 0 N–H and O–H groups in total. The first-order valence-corrected chi connectivity index (χ1v) is 7.40. The van der Waals surface area contributed by atoms with Gasteiger partial charge in [0.25, 0.3) is 0 Å². The minimum atomic E-state index is -0.227. The molecule has 0 aromatic heterocycles. The lowest BCUT2D eigenvalue weighted by atomic mass is 10.4. The van der Waals surface area contributed by atoms with E-state index in [1.807, 2.05) is 0 Å². The first-order valence-electron chi connectivity index (χ1n) is 5.73. The fraction of sp³-hybridized carbons (Fsp3) is 1.00. The average Bonchev–Trinajstić information content (AvgIpc) is 2.76. The molecule has 2 heteroatoms. The van der Waals surface area contributed by atoms with E-state index < -0.39 is 0 Å². The predicted octanol–water partition coefficient (Wildman–Crippen LogP) is 4.28. The molecule has 13 heavy (non-hydrogen) atoms. The highest BCUT2D eigenvalue weighted by Gasteiger charge is 2.32. The third-order valence-electron chi connectivity index (χ3n) is 3.73. The van der Waals surface area contributed by atoms with Crippen LogP contribution in [0.2, 0.25) is 0 Å². The average molecular weight is 202 g/mol. The van der Waals surface area contributed by atoms with Gasteiger partial charge in [-0.15, -0.1) is 0 Å². The van der Waals surface area contributed by atoms with Crippen LogP contribution in [0.5, 0.6) is 0 Å². The van der Waals surface area contributed by atoms with Gasteiger partial charge in [-0.2, -0.15) is 0 Å². The van der Waals surface area contributed by atoms with Crippen molar-refractivity contribution in [1.82, 2.24) is 0 Å². The molecule has 0 saturated heterocycles. The number of hydrogen-bond donors (Lipinski definition) is 0. The Morgan fingerprint density at radius 2 is 1.23 bits per heavy atom. The van der Waals surface area contributed by atoms with Crippen LogP contribution in [0.25, 0.3) is 0 Å². The van der Waals surface area contributed by atoms with Crippen LogP contribution in [0.4, 0.5) is 4.39 Å². The Bertz CT molecular complexity index is 132. The van der Waals surface area contributed by atoms with Crippen LogP contribution in [0, 0.1) is 0 Å². The third-order valence-corrected chi connectivity index (χ3v) is 6.91. The van der Waals surface area contributed by atoms with Crippen LogP contribution in [0.1, 0.15) is 51.4 Å². The summed E-state index contributed by atoms with van der Waals surface area (Å²) in [7, 11) is -0.227. The second-order valence-electron chi connectivity index (χ2n) is 4.51. The normalized spacial score (nSPS) is 26.3. The van der Waals surface area contributed by atoms with Crippen molar-refractivity contribution < 1.29 is 4.39 Å². The predicted molar refractivity (Wildman–Crippen MR) is 57.4 cm³/mol. The molecule has 2 fully saturated rings. The number of halogens is 1. The summed E-state index contributed by atoms with van der Waals surface area (Å²) in [6.07, 6.45) is 10.9. The molecule has 2 aliphatic rings. The van der Waals surface area contributed by atoms with Crippen LogP contribution in [-0.4, -0.2) is 17.7 Å². The molecule has 0 heterocycles. The van der Waals surface area contributed by atoms with Gasteiger partial charge in [-0.1, -0.05) is 33.6 Å². The molecule has 2 rings (SSSR count). The largest absolute Gasteiger partial charge is 0.246 e. The van der Waals surface area contributed by atoms with E-state index in [4.69, 9.17) is 0 Å². The molecule has 0 aromatic carbocycles. The quantitative estimate of drug-likeness (QED) is 0.599. The van der Waals surface area contributed by atoms with Crippen molar-refractivity contribution in [3.05, 3.63) is 0 Å². The van der Waals surface area contributed by atoms with Crippen molar-refractivity contribution in [1.29, 1.82) is 0 Å². The van der Waals surface area contributed by atoms with Gasteiger partial charge >= 0.3 is 0 Å². The Hall–Kier alpha value is 0.360. The van der Waals surface area contributed by atoms with Crippen LogP contribution >= 0.6 is 7.92 Å². The summed E-state index contributed by atoms with van der Waals surface area (Å²) in [5.41, 5.74) is 1.62. The fourth-order valence-electron chi connectivity index (χ4n) is 2.97. The van der Waals surface area contributed by atoms with Gasteiger partial charge in [-0.05, 0) is 37.0 Å². The van der Waals surface area contributed by atoms with Gasteiger partial charge in [0.1, 0.15) is 6.42 Å². The van der Waals surface area contributed by atoms with Gasteiger partial charge in [0.15, 0.2) is 0 Å². The van der Waals surface area contributed by atoms with Gasteiger partial charge in [0, 0.05) is 0 Å².